The second kappa shape index (κ2) is 9.66. The van der Waals surface area contributed by atoms with Gasteiger partial charge < -0.3 is 20.9 Å². The average molecular weight is 331 g/mol. The van der Waals surface area contributed by atoms with E-state index in [9.17, 15) is 9.90 Å². The van der Waals surface area contributed by atoms with Crippen LogP contribution in [0.1, 0.15) is 38.4 Å². The number of amides is 1. The summed E-state index contributed by atoms with van der Waals surface area (Å²) in [5.74, 6) is 0.499. The number of rotatable bonds is 8. The Labute approximate surface area is 138 Å². The van der Waals surface area contributed by atoms with Gasteiger partial charge in [-0.05, 0) is 18.9 Å². The van der Waals surface area contributed by atoms with Crippen molar-refractivity contribution in [2.45, 2.75) is 32.8 Å². The lowest BCUT2D eigenvalue weighted by molar-refractivity contribution is -0.131. The number of carbonyl (C=O) groups is 1. The van der Waals surface area contributed by atoms with E-state index in [0.29, 0.717) is 30.7 Å². The predicted octanol–water partition coefficient (Wildman–Crippen LogP) is 2.03. The first-order chi connectivity index (χ1) is 10.0. The van der Waals surface area contributed by atoms with Crippen molar-refractivity contribution in [2.24, 2.45) is 11.1 Å². The monoisotopic (exact) mass is 330 g/mol. The minimum atomic E-state index is -0.811. The van der Waals surface area contributed by atoms with E-state index >= 15 is 0 Å². The van der Waals surface area contributed by atoms with Gasteiger partial charge >= 0.3 is 0 Å². The summed E-state index contributed by atoms with van der Waals surface area (Å²) in [4.78, 5) is 12.3. The van der Waals surface area contributed by atoms with E-state index < -0.39 is 11.5 Å². The van der Waals surface area contributed by atoms with E-state index in [1.165, 1.54) is 0 Å². The zero-order chi connectivity index (χ0) is 15.9. The maximum atomic E-state index is 12.3. The Morgan fingerprint density at radius 1 is 1.36 bits per heavy atom. The molecule has 1 unspecified atom stereocenters. The molecule has 126 valence electrons. The molecule has 0 aliphatic heterocycles. The summed E-state index contributed by atoms with van der Waals surface area (Å²) in [6, 6.07) is 7.22. The standard InChI is InChI=1S/C16H26N2O3.ClH/c1-4-16(5-2,11-17)15(20)18-10-13(19)12-8-6-7-9-14(12)21-3;/h6-9,13,19H,4-5,10-11,17H2,1-3H3,(H,18,20);1H. The van der Waals surface area contributed by atoms with Crippen LogP contribution in [-0.4, -0.2) is 31.2 Å². The molecule has 0 saturated carbocycles. The number of aliphatic hydroxyl groups excluding tert-OH is 1. The SMILES string of the molecule is CCC(CC)(CN)C(=O)NCC(O)c1ccccc1OC.Cl. The van der Waals surface area contributed by atoms with E-state index in [1.54, 1.807) is 19.2 Å². The van der Waals surface area contributed by atoms with Crippen LogP contribution in [0.5, 0.6) is 5.75 Å². The first-order valence-electron chi connectivity index (χ1n) is 7.34. The molecular formula is C16H27ClN2O3. The third kappa shape index (κ3) is 4.60. The zero-order valence-electron chi connectivity index (χ0n) is 13.5. The summed E-state index contributed by atoms with van der Waals surface area (Å²) in [6.45, 7) is 4.34. The Morgan fingerprint density at radius 2 is 1.95 bits per heavy atom. The van der Waals surface area contributed by atoms with E-state index in [2.05, 4.69) is 5.32 Å². The summed E-state index contributed by atoms with van der Waals surface area (Å²) < 4.78 is 5.21. The summed E-state index contributed by atoms with van der Waals surface area (Å²) in [6.07, 6.45) is 0.543. The second-order valence-electron chi connectivity index (χ2n) is 5.16. The maximum absolute atomic E-state index is 12.3. The van der Waals surface area contributed by atoms with Crippen molar-refractivity contribution in [3.05, 3.63) is 29.8 Å². The molecule has 1 aromatic carbocycles. The minimum absolute atomic E-state index is 0. The number of para-hydroxylation sites is 1. The number of methoxy groups -OCH3 is 1. The van der Waals surface area contributed by atoms with E-state index in [-0.39, 0.29) is 24.9 Å². The van der Waals surface area contributed by atoms with Crippen molar-refractivity contribution >= 4 is 18.3 Å². The van der Waals surface area contributed by atoms with Crippen LogP contribution in [0.15, 0.2) is 24.3 Å². The van der Waals surface area contributed by atoms with Crippen LogP contribution in [0.3, 0.4) is 0 Å². The molecule has 0 heterocycles. The highest BCUT2D eigenvalue weighted by Gasteiger charge is 2.33. The highest BCUT2D eigenvalue weighted by Crippen LogP contribution is 2.27. The summed E-state index contributed by atoms with van der Waals surface area (Å²) in [7, 11) is 1.55. The number of hydrogen-bond acceptors (Lipinski definition) is 4. The smallest absolute Gasteiger partial charge is 0.227 e. The molecule has 0 aliphatic rings. The summed E-state index contributed by atoms with van der Waals surface area (Å²) >= 11 is 0. The van der Waals surface area contributed by atoms with Crippen molar-refractivity contribution in [2.75, 3.05) is 20.2 Å². The first-order valence-corrected chi connectivity index (χ1v) is 7.34. The number of nitrogens with two attached hydrogens (primary N) is 1. The third-order valence-corrected chi connectivity index (χ3v) is 4.18. The number of nitrogens with one attached hydrogen (secondary N) is 1. The fraction of sp³-hybridized carbons (Fsp3) is 0.562. The zero-order valence-corrected chi connectivity index (χ0v) is 14.3. The van der Waals surface area contributed by atoms with Gasteiger partial charge in [0.2, 0.25) is 5.91 Å². The maximum Gasteiger partial charge on any atom is 0.227 e. The molecule has 0 spiro atoms. The van der Waals surface area contributed by atoms with Crippen molar-refractivity contribution in [1.82, 2.24) is 5.32 Å². The second-order valence-corrected chi connectivity index (χ2v) is 5.16. The van der Waals surface area contributed by atoms with Crippen LogP contribution in [-0.2, 0) is 4.79 Å². The molecule has 1 amide bonds. The molecule has 1 atom stereocenters. The van der Waals surface area contributed by atoms with Gasteiger partial charge in [0.15, 0.2) is 0 Å². The molecule has 0 bridgehead atoms. The number of hydrogen-bond donors (Lipinski definition) is 3. The lowest BCUT2D eigenvalue weighted by atomic mass is 9.81. The Balaban J connectivity index is 0.00000441. The van der Waals surface area contributed by atoms with E-state index in [4.69, 9.17) is 10.5 Å². The molecular weight excluding hydrogens is 304 g/mol. The number of benzene rings is 1. The summed E-state index contributed by atoms with van der Waals surface area (Å²) in [5, 5.41) is 13.0. The molecule has 0 fully saturated rings. The largest absolute Gasteiger partial charge is 0.496 e. The van der Waals surface area contributed by atoms with Crippen LogP contribution in [0.25, 0.3) is 0 Å². The third-order valence-electron chi connectivity index (χ3n) is 4.18. The Morgan fingerprint density at radius 3 is 2.45 bits per heavy atom. The van der Waals surface area contributed by atoms with Gasteiger partial charge in [0.05, 0.1) is 18.6 Å². The highest BCUT2D eigenvalue weighted by atomic mass is 35.5. The fourth-order valence-electron chi connectivity index (χ4n) is 2.38. The van der Waals surface area contributed by atoms with Crippen LogP contribution in [0.4, 0.5) is 0 Å². The average Bonchev–Trinajstić information content (AvgIpc) is 2.54. The number of aliphatic hydroxyl groups is 1. The lowest BCUT2D eigenvalue weighted by Gasteiger charge is -2.29. The van der Waals surface area contributed by atoms with Crippen molar-refractivity contribution in [3.8, 4) is 5.75 Å². The molecule has 0 aromatic heterocycles. The van der Waals surface area contributed by atoms with Crippen LogP contribution >= 0.6 is 12.4 Å². The highest BCUT2D eigenvalue weighted by molar-refractivity contribution is 5.85. The molecule has 5 nitrogen and oxygen atoms in total. The van der Waals surface area contributed by atoms with E-state index in [1.807, 2.05) is 26.0 Å². The Hall–Kier alpha value is -1.30. The minimum Gasteiger partial charge on any atom is -0.496 e. The predicted molar refractivity (Wildman–Crippen MR) is 90.3 cm³/mol. The molecule has 22 heavy (non-hydrogen) atoms. The quantitative estimate of drug-likeness (QED) is 0.681. The van der Waals surface area contributed by atoms with Crippen LogP contribution in [0.2, 0.25) is 0 Å². The molecule has 1 rings (SSSR count). The number of ether oxygens (including phenoxy) is 1. The topological polar surface area (TPSA) is 84.6 Å². The molecule has 1 aromatic rings. The van der Waals surface area contributed by atoms with Gasteiger partial charge in [-0.25, -0.2) is 0 Å². The normalized spacial score (nSPS) is 12.2. The lowest BCUT2D eigenvalue weighted by Crippen LogP contribution is -2.46. The molecule has 6 heteroatoms. The van der Waals surface area contributed by atoms with Gasteiger partial charge in [0, 0.05) is 18.7 Å². The van der Waals surface area contributed by atoms with E-state index in [0.717, 1.165) is 0 Å². The first kappa shape index (κ1) is 20.7. The van der Waals surface area contributed by atoms with Crippen LogP contribution in [0, 0.1) is 5.41 Å². The molecule has 0 saturated heterocycles. The van der Waals surface area contributed by atoms with Crippen LogP contribution < -0.4 is 15.8 Å². The van der Waals surface area contributed by atoms with Crippen molar-refractivity contribution in [3.63, 3.8) is 0 Å². The summed E-state index contributed by atoms with van der Waals surface area (Å²) in [5.41, 5.74) is 5.85. The van der Waals surface area contributed by atoms with Gasteiger partial charge in [0.25, 0.3) is 0 Å². The number of halogens is 1. The Bertz CT molecular complexity index is 456. The molecule has 0 radical (unpaired) electrons. The van der Waals surface area contributed by atoms with Gasteiger partial charge in [-0.1, -0.05) is 32.0 Å². The van der Waals surface area contributed by atoms with Gasteiger partial charge in [-0.3, -0.25) is 4.79 Å². The van der Waals surface area contributed by atoms with Crippen molar-refractivity contribution < 1.29 is 14.6 Å². The van der Waals surface area contributed by atoms with Gasteiger partial charge in [0.1, 0.15) is 5.75 Å². The van der Waals surface area contributed by atoms with Crippen molar-refractivity contribution in [1.29, 1.82) is 0 Å². The Kier molecular flexibility index (Phi) is 9.09. The van der Waals surface area contributed by atoms with Gasteiger partial charge in [-0.15, -0.1) is 12.4 Å². The number of carbonyl (C=O) groups excluding carboxylic acids is 1. The molecule has 4 N–H and O–H groups in total. The molecule has 0 aliphatic carbocycles. The van der Waals surface area contributed by atoms with Gasteiger partial charge in [-0.2, -0.15) is 0 Å². The fourth-order valence-corrected chi connectivity index (χ4v) is 2.38.